The molecule has 0 bridgehead atoms. The molecule has 0 radical (unpaired) electrons. The van der Waals surface area contributed by atoms with Crippen molar-refractivity contribution in [2.24, 2.45) is 0 Å². The highest BCUT2D eigenvalue weighted by Gasteiger charge is 2.20. The number of rotatable bonds is 5. The van der Waals surface area contributed by atoms with Crippen molar-refractivity contribution in [3.05, 3.63) is 87.4 Å². The number of anilines is 2. The molecular formula is C23H23ClN2O3S. The van der Waals surface area contributed by atoms with E-state index in [1.54, 1.807) is 43.3 Å². The second-order valence-electron chi connectivity index (χ2n) is 7.32. The Morgan fingerprint density at radius 2 is 1.50 bits per heavy atom. The van der Waals surface area contributed by atoms with Crippen molar-refractivity contribution in [2.75, 3.05) is 10.0 Å². The summed E-state index contributed by atoms with van der Waals surface area (Å²) in [5, 5.41) is 3.29. The predicted molar refractivity (Wildman–Crippen MR) is 122 cm³/mol. The number of aryl methyl sites for hydroxylation is 4. The molecule has 3 aromatic carbocycles. The van der Waals surface area contributed by atoms with E-state index in [0.29, 0.717) is 22.0 Å². The molecule has 0 unspecified atom stereocenters. The molecule has 0 heterocycles. The summed E-state index contributed by atoms with van der Waals surface area (Å²) in [6.45, 7) is 7.33. The monoisotopic (exact) mass is 442 g/mol. The van der Waals surface area contributed by atoms with E-state index < -0.39 is 15.9 Å². The second-order valence-corrected chi connectivity index (χ2v) is 9.40. The van der Waals surface area contributed by atoms with Gasteiger partial charge in [0.05, 0.1) is 10.6 Å². The van der Waals surface area contributed by atoms with Gasteiger partial charge in [0.1, 0.15) is 0 Å². The van der Waals surface area contributed by atoms with E-state index in [1.165, 1.54) is 6.07 Å². The number of hydrogen-bond donors (Lipinski definition) is 2. The van der Waals surface area contributed by atoms with Gasteiger partial charge in [-0.05, 0) is 74.7 Å². The van der Waals surface area contributed by atoms with Gasteiger partial charge < -0.3 is 5.32 Å². The fraction of sp³-hybridized carbons (Fsp3) is 0.174. The van der Waals surface area contributed by atoms with Gasteiger partial charge >= 0.3 is 0 Å². The quantitative estimate of drug-likeness (QED) is 0.537. The van der Waals surface area contributed by atoms with Crippen LogP contribution in [0.15, 0.2) is 59.5 Å². The maximum Gasteiger partial charge on any atom is 0.262 e. The van der Waals surface area contributed by atoms with Crippen LogP contribution < -0.4 is 10.0 Å². The van der Waals surface area contributed by atoms with Gasteiger partial charge in [0.25, 0.3) is 15.9 Å². The highest BCUT2D eigenvalue weighted by Crippen LogP contribution is 2.25. The Hall–Kier alpha value is -2.83. The first-order valence-corrected chi connectivity index (χ1v) is 11.2. The number of sulfonamides is 1. The Labute approximate surface area is 182 Å². The maximum atomic E-state index is 13.0. The number of halogens is 1. The molecule has 5 nitrogen and oxygen atoms in total. The maximum absolute atomic E-state index is 13.0. The fourth-order valence-corrected chi connectivity index (χ4v) is 4.66. The molecule has 0 atom stereocenters. The van der Waals surface area contributed by atoms with Crippen LogP contribution in [0.5, 0.6) is 0 Å². The number of carbonyl (C=O) groups excluding carboxylic acids is 1. The zero-order valence-electron chi connectivity index (χ0n) is 17.2. The number of nitrogens with one attached hydrogen (secondary N) is 2. The summed E-state index contributed by atoms with van der Waals surface area (Å²) in [6.07, 6.45) is 0. The summed E-state index contributed by atoms with van der Waals surface area (Å²) in [7, 11) is -3.87. The van der Waals surface area contributed by atoms with Crippen molar-refractivity contribution in [3.8, 4) is 0 Å². The first-order valence-electron chi connectivity index (χ1n) is 9.35. The Balaban J connectivity index is 1.92. The van der Waals surface area contributed by atoms with Gasteiger partial charge in [0, 0.05) is 16.3 Å². The Morgan fingerprint density at radius 1 is 0.800 bits per heavy atom. The summed E-state index contributed by atoms with van der Waals surface area (Å²) < 4.78 is 28.7. The van der Waals surface area contributed by atoms with Gasteiger partial charge in [0.2, 0.25) is 0 Å². The van der Waals surface area contributed by atoms with Crippen molar-refractivity contribution in [1.29, 1.82) is 0 Å². The van der Waals surface area contributed by atoms with E-state index in [-0.39, 0.29) is 10.5 Å². The molecule has 0 saturated heterocycles. The average molecular weight is 443 g/mol. The lowest BCUT2D eigenvalue weighted by atomic mass is 10.1. The Kier molecular flexibility index (Phi) is 6.19. The molecule has 0 spiro atoms. The van der Waals surface area contributed by atoms with Crippen LogP contribution in [0.1, 0.15) is 32.6 Å². The molecule has 0 aliphatic carbocycles. The molecule has 156 valence electrons. The molecule has 0 fully saturated rings. The van der Waals surface area contributed by atoms with Crippen LogP contribution >= 0.6 is 11.6 Å². The summed E-state index contributed by atoms with van der Waals surface area (Å²) in [4.78, 5) is 12.8. The molecule has 0 aromatic heterocycles. The number of carbonyl (C=O) groups is 1. The third-order valence-electron chi connectivity index (χ3n) is 4.81. The van der Waals surface area contributed by atoms with Crippen LogP contribution in [-0.4, -0.2) is 14.3 Å². The van der Waals surface area contributed by atoms with Crippen molar-refractivity contribution >= 4 is 38.9 Å². The highest BCUT2D eigenvalue weighted by atomic mass is 35.5. The van der Waals surface area contributed by atoms with Gasteiger partial charge in [-0.2, -0.15) is 0 Å². The number of amides is 1. The average Bonchev–Trinajstić information content (AvgIpc) is 2.67. The normalized spacial score (nSPS) is 11.2. The number of hydrogen-bond acceptors (Lipinski definition) is 3. The zero-order valence-corrected chi connectivity index (χ0v) is 18.8. The van der Waals surface area contributed by atoms with Crippen molar-refractivity contribution in [2.45, 2.75) is 32.6 Å². The van der Waals surface area contributed by atoms with E-state index >= 15 is 0 Å². The van der Waals surface area contributed by atoms with Crippen LogP contribution in [0.2, 0.25) is 5.02 Å². The van der Waals surface area contributed by atoms with Gasteiger partial charge in [-0.25, -0.2) is 8.42 Å². The van der Waals surface area contributed by atoms with Crippen LogP contribution in [-0.2, 0) is 10.0 Å². The highest BCUT2D eigenvalue weighted by molar-refractivity contribution is 7.92. The van der Waals surface area contributed by atoms with E-state index in [2.05, 4.69) is 10.0 Å². The van der Waals surface area contributed by atoms with Crippen molar-refractivity contribution in [3.63, 3.8) is 0 Å². The molecule has 3 aromatic rings. The fourth-order valence-electron chi connectivity index (χ4n) is 3.08. The van der Waals surface area contributed by atoms with E-state index in [1.807, 2.05) is 32.9 Å². The van der Waals surface area contributed by atoms with E-state index in [9.17, 15) is 13.2 Å². The number of benzene rings is 3. The van der Waals surface area contributed by atoms with E-state index in [0.717, 1.165) is 16.7 Å². The first-order chi connectivity index (χ1) is 14.1. The lowest BCUT2D eigenvalue weighted by Crippen LogP contribution is -2.18. The molecule has 0 saturated carbocycles. The minimum absolute atomic E-state index is 0.0536. The van der Waals surface area contributed by atoms with Crippen LogP contribution in [0.4, 0.5) is 11.4 Å². The molecule has 0 aliphatic rings. The predicted octanol–water partition coefficient (Wildman–Crippen LogP) is 5.63. The van der Waals surface area contributed by atoms with Crippen molar-refractivity contribution < 1.29 is 13.2 Å². The largest absolute Gasteiger partial charge is 0.322 e. The Bertz CT molecular complexity index is 1240. The van der Waals surface area contributed by atoms with Gasteiger partial charge in [-0.3, -0.25) is 9.52 Å². The molecule has 7 heteroatoms. The first kappa shape index (κ1) is 21.9. The van der Waals surface area contributed by atoms with Gasteiger partial charge in [-0.1, -0.05) is 41.4 Å². The molecule has 0 aliphatic heterocycles. The lowest BCUT2D eigenvalue weighted by molar-refractivity contribution is 0.102. The van der Waals surface area contributed by atoms with E-state index in [4.69, 9.17) is 11.6 Å². The summed E-state index contributed by atoms with van der Waals surface area (Å²) >= 11 is 6.01. The standard InChI is InChI=1S/C23H23ClN2O3S/c1-14-5-10-20(17(4)11-14)26-30(28,29)22-12-18(8-6-16(22)3)23(27)25-21-13-19(24)9-7-15(21)2/h5-13,26H,1-4H3,(H,25,27). The van der Waals surface area contributed by atoms with Crippen LogP contribution in [0.25, 0.3) is 0 Å². The topological polar surface area (TPSA) is 75.3 Å². The van der Waals surface area contributed by atoms with Gasteiger partial charge in [0.15, 0.2) is 0 Å². The summed E-state index contributed by atoms with van der Waals surface area (Å²) in [5.74, 6) is -0.414. The molecular weight excluding hydrogens is 420 g/mol. The summed E-state index contributed by atoms with van der Waals surface area (Å²) in [5.41, 5.74) is 4.58. The van der Waals surface area contributed by atoms with Gasteiger partial charge in [-0.15, -0.1) is 0 Å². The third-order valence-corrected chi connectivity index (χ3v) is 6.56. The third kappa shape index (κ3) is 4.83. The van der Waals surface area contributed by atoms with Crippen LogP contribution in [0, 0.1) is 27.7 Å². The zero-order chi connectivity index (χ0) is 22.1. The van der Waals surface area contributed by atoms with Crippen LogP contribution in [0.3, 0.4) is 0 Å². The van der Waals surface area contributed by atoms with Crippen molar-refractivity contribution in [1.82, 2.24) is 0 Å². The minimum atomic E-state index is -3.87. The molecule has 3 rings (SSSR count). The smallest absolute Gasteiger partial charge is 0.262 e. The molecule has 30 heavy (non-hydrogen) atoms. The Morgan fingerprint density at radius 3 is 2.20 bits per heavy atom. The molecule has 2 N–H and O–H groups in total. The lowest BCUT2D eigenvalue weighted by Gasteiger charge is -2.14. The summed E-state index contributed by atoms with van der Waals surface area (Å²) in [6, 6.07) is 15.3. The minimum Gasteiger partial charge on any atom is -0.322 e. The second kappa shape index (κ2) is 8.50. The SMILES string of the molecule is Cc1ccc(NS(=O)(=O)c2cc(C(=O)Nc3cc(Cl)ccc3C)ccc2C)c(C)c1. The molecule has 1 amide bonds.